The van der Waals surface area contributed by atoms with Crippen LogP contribution in [0.4, 0.5) is 0 Å². The second-order valence-corrected chi connectivity index (χ2v) is 17.4. The van der Waals surface area contributed by atoms with E-state index in [1.807, 2.05) is 210 Å². The lowest BCUT2D eigenvalue weighted by Gasteiger charge is -2.06. The summed E-state index contributed by atoms with van der Waals surface area (Å²) in [5.74, 6) is 2.90. The lowest BCUT2D eigenvalue weighted by molar-refractivity contribution is 1.09. The molecule has 7 heterocycles. The molecule has 0 N–H and O–H groups in total. The van der Waals surface area contributed by atoms with Gasteiger partial charge >= 0.3 is 0 Å². The van der Waals surface area contributed by atoms with Crippen LogP contribution in [-0.2, 0) is 0 Å². The van der Waals surface area contributed by atoms with Gasteiger partial charge in [0.2, 0.25) is 0 Å². The summed E-state index contributed by atoms with van der Waals surface area (Å²) in [6, 6.07) is 72.1. The summed E-state index contributed by atoms with van der Waals surface area (Å²) in [4.78, 5) is 48.9. The lowest BCUT2D eigenvalue weighted by atomic mass is 10.1. The van der Waals surface area contributed by atoms with Crippen molar-refractivity contribution in [2.75, 3.05) is 0 Å². The Labute approximate surface area is 443 Å². The average molecular weight is 988 g/mol. The lowest BCUT2D eigenvalue weighted by Crippen LogP contribution is -1.96. The predicted molar refractivity (Wildman–Crippen MR) is 304 cm³/mol. The largest absolute Gasteiger partial charge is 0.265 e. The molecule has 368 valence electrons. The van der Waals surface area contributed by atoms with E-state index in [2.05, 4.69) is 91.2 Å². The highest BCUT2D eigenvalue weighted by molar-refractivity contribution is 5.67. The third-order valence-corrected chi connectivity index (χ3v) is 11.5. The summed E-state index contributed by atoms with van der Waals surface area (Å²) in [6.45, 7) is 7.94. The van der Waals surface area contributed by atoms with E-state index in [9.17, 15) is 0 Å². The number of aryl methyl sites for hydroxylation is 4. The number of aromatic nitrogens is 11. The van der Waals surface area contributed by atoms with Crippen LogP contribution in [0.3, 0.4) is 0 Å². The Hall–Kier alpha value is -10.1. The van der Waals surface area contributed by atoms with Crippen LogP contribution < -0.4 is 0 Å². The molecule has 0 aliphatic rings. The van der Waals surface area contributed by atoms with Crippen molar-refractivity contribution in [1.29, 1.82) is 0 Å². The monoisotopic (exact) mass is 987 g/mol. The number of pyridine rings is 3. The van der Waals surface area contributed by atoms with E-state index in [4.69, 9.17) is 0 Å². The Balaban J connectivity index is 0.000000124. The third-order valence-electron chi connectivity index (χ3n) is 11.5. The molecule has 5 aromatic carbocycles. The Bertz CT molecular complexity index is 2980. The van der Waals surface area contributed by atoms with Crippen LogP contribution in [0, 0.1) is 27.7 Å². The normalized spacial score (nSPS) is 10.4. The van der Waals surface area contributed by atoms with Gasteiger partial charge < -0.3 is 0 Å². The zero-order chi connectivity index (χ0) is 52.3. The molecule has 0 bridgehead atoms. The van der Waals surface area contributed by atoms with Crippen LogP contribution in [-0.4, -0.2) is 54.8 Å². The van der Waals surface area contributed by atoms with Crippen LogP contribution in [0.5, 0.6) is 0 Å². The minimum Gasteiger partial charge on any atom is -0.265 e. The highest BCUT2D eigenvalue weighted by atomic mass is 14.9. The van der Waals surface area contributed by atoms with Gasteiger partial charge in [-0.3, -0.25) is 15.0 Å². The fourth-order valence-electron chi connectivity index (χ4n) is 7.88. The Kier molecular flexibility index (Phi) is 17.0. The van der Waals surface area contributed by atoms with Gasteiger partial charge in [0.1, 0.15) is 5.69 Å². The van der Waals surface area contributed by atoms with Gasteiger partial charge in [-0.25, -0.2) is 39.9 Å². The fourth-order valence-corrected chi connectivity index (χ4v) is 7.88. The van der Waals surface area contributed by atoms with Crippen LogP contribution in [0.2, 0.25) is 0 Å². The molecule has 12 aromatic rings. The first-order valence-electron chi connectivity index (χ1n) is 24.7. The molecule has 0 saturated heterocycles. The first-order valence-corrected chi connectivity index (χ1v) is 24.7. The number of nitrogens with zero attached hydrogens (tertiary/aromatic N) is 11. The van der Waals surface area contributed by atoms with Gasteiger partial charge in [-0.05, 0) is 88.4 Å². The van der Waals surface area contributed by atoms with Crippen molar-refractivity contribution in [1.82, 2.24) is 54.8 Å². The molecule has 12 rings (SSSR count). The Morgan fingerprint density at radius 3 is 0.921 bits per heavy atom. The molecule has 11 nitrogen and oxygen atoms in total. The Morgan fingerprint density at radius 1 is 0.224 bits per heavy atom. The third kappa shape index (κ3) is 14.1. The summed E-state index contributed by atoms with van der Waals surface area (Å²) < 4.78 is 0. The molecule has 11 heteroatoms. The van der Waals surface area contributed by atoms with E-state index in [0.29, 0.717) is 11.6 Å². The second kappa shape index (κ2) is 25.5. The molecule has 0 fully saturated rings. The van der Waals surface area contributed by atoms with Gasteiger partial charge in [0, 0.05) is 92.7 Å². The van der Waals surface area contributed by atoms with E-state index in [0.717, 1.165) is 102 Å². The average Bonchev–Trinajstić information content (AvgIpc) is 3.49. The van der Waals surface area contributed by atoms with Crippen molar-refractivity contribution >= 4 is 0 Å². The van der Waals surface area contributed by atoms with E-state index in [1.165, 1.54) is 0 Å². The molecule has 0 amide bonds. The summed E-state index contributed by atoms with van der Waals surface area (Å²) >= 11 is 0. The first kappa shape index (κ1) is 50.8. The molecule has 0 radical (unpaired) electrons. The molecule has 0 unspecified atom stereocenters. The standard InChI is InChI=1S/C17H14N2.3C16H13N3/c1-13-12-16(14-8-4-2-5-9-14)19-17(18-13)15-10-6-3-7-11-15;1-12-11-15(13-7-3-2-4-8-13)19-16(18-12)14-9-5-6-10-17-14;1-12-10-15(13-6-3-2-4-7-13)19-16(18-12)14-8-5-9-17-11-14;1-12-11-15(13-5-3-2-4-6-13)19-16(18-12)14-7-9-17-10-8-14/h2-12H,1H3;3*2-11H,1H3. The zero-order valence-corrected chi connectivity index (χ0v) is 42.6. The van der Waals surface area contributed by atoms with Crippen molar-refractivity contribution in [2.45, 2.75) is 27.7 Å². The van der Waals surface area contributed by atoms with Crippen molar-refractivity contribution in [3.63, 3.8) is 0 Å². The van der Waals surface area contributed by atoms with Crippen molar-refractivity contribution < 1.29 is 0 Å². The maximum Gasteiger partial charge on any atom is 0.178 e. The molecule has 76 heavy (non-hydrogen) atoms. The minimum absolute atomic E-state index is 0.666. The topological polar surface area (TPSA) is 142 Å². The summed E-state index contributed by atoms with van der Waals surface area (Å²) in [6.07, 6.45) is 8.79. The van der Waals surface area contributed by atoms with Crippen molar-refractivity contribution in [3.05, 3.63) is 272 Å². The van der Waals surface area contributed by atoms with Crippen LogP contribution >= 0.6 is 0 Å². The molecule has 7 aromatic heterocycles. The first-order chi connectivity index (χ1) is 37.3. The van der Waals surface area contributed by atoms with Crippen molar-refractivity contribution in [3.8, 4) is 90.7 Å². The summed E-state index contributed by atoms with van der Waals surface area (Å²) in [5, 5.41) is 0. The maximum absolute atomic E-state index is 4.66. The molecular formula is C65H53N11. The zero-order valence-electron chi connectivity index (χ0n) is 42.6. The van der Waals surface area contributed by atoms with Gasteiger partial charge in [0.05, 0.1) is 22.8 Å². The number of hydrogen-bond donors (Lipinski definition) is 0. The van der Waals surface area contributed by atoms with E-state index < -0.39 is 0 Å². The van der Waals surface area contributed by atoms with E-state index >= 15 is 0 Å². The van der Waals surface area contributed by atoms with Gasteiger partial charge in [-0.1, -0.05) is 158 Å². The second-order valence-electron chi connectivity index (χ2n) is 17.4. The van der Waals surface area contributed by atoms with Crippen LogP contribution in [0.15, 0.2) is 249 Å². The molecule has 0 aliphatic carbocycles. The molecule has 0 aliphatic heterocycles. The summed E-state index contributed by atoms with van der Waals surface area (Å²) in [5.41, 5.74) is 15.8. The van der Waals surface area contributed by atoms with Crippen LogP contribution in [0.25, 0.3) is 90.7 Å². The van der Waals surface area contributed by atoms with Gasteiger partial charge in [-0.15, -0.1) is 0 Å². The number of hydrogen-bond acceptors (Lipinski definition) is 11. The molecular weight excluding hydrogens is 935 g/mol. The highest BCUT2D eigenvalue weighted by Crippen LogP contribution is 2.25. The van der Waals surface area contributed by atoms with E-state index in [-0.39, 0.29) is 0 Å². The highest BCUT2D eigenvalue weighted by Gasteiger charge is 2.10. The number of rotatable bonds is 8. The van der Waals surface area contributed by atoms with Crippen molar-refractivity contribution in [2.24, 2.45) is 0 Å². The molecule has 0 spiro atoms. The van der Waals surface area contributed by atoms with Gasteiger partial charge in [0.15, 0.2) is 23.3 Å². The van der Waals surface area contributed by atoms with E-state index in [1.54, 1.807) is 31.0 Å². The van der Waals surface area contributed by atoms with Gasteiger partial charge in [-0.2, -0.15) is 0 Å². The van der Waals surface area contributed by atoms with Crippen LogP contribution in [0.1, 0.15) is 22.8 Å². The van der Waals surface area contributed by atoms with Gasteiger partial charge in [0.25, 0.3) is 0 Å². The molecule has 0 atom stereocenters. The maximum atomic E-state index is 4.66. The smallest absolute Gasteiger partial charge is 0.178 e. The quantitative estimate of drug-likeness (QED) is 0.144. The fraction of sp³-hybridized carbons (Fsp3) is 0.0615. The molecule has 0 saturated carbocycles. The summed E-state index contributed by atoms with van der Waals surface area (Å²) in [7, 11) is 0. The number of benzene rings is 5. The SMILES string of the molecule is Cc1cc(-c2ccccc2)nc(-c2ccccc2)n1.Cc1cc(-c2ccccc2)nc(-c2ccccn2)n1.Cc1cc(-c2ccccc2)nc(-c2cccnc2)n1.Cc1cc(-c2ccccc2)nc(-c2ccncc2)n1. The minimum atomic E-state index is 0.666. The Morgan fingerprint density at radius 2 is 0.553 bits per heavy atom. The predicted octanol–water partition coefficient (Wildman–Crippen LogP) is 14.7.